The minimum Gasteiger partial charge on any atom is -0.463 e. The third-order valence-electron chi connectivity index (χ3n) is 7.12. The number of aryl methyl sites for hydroxylation is 1. The highest BCUT2D eigenvalue weighted by atomic mass is 32.2. The number of benzene rings is 2. The molecule has 1 fully saturated rings. The first-order valence-electron chi connectivity index (χ1n) is 13.1. The van der Waals surface area contributed by atoms with E-state index in [1.54, 1.807) is 50.2 Å². The Kier molecular flexibility index (Phi) is 8.73. The van der Waals surface area contributed by atoms with E-state index in [1.807, 2.05) is 18.7 Å². The topological polar surface area (TPSA) is 99.3 Å². The molecule has 1 saturated heterocycles. The van der Waals surface area contributed by atoms with E-state index >= 15 is 0 Å². The summed E-state index contributed by atoms with van der Waals surface area (Å²) in [5.41, 5.74) is 1.74. The maximum absolute atomic E-state index is 14.8. The van der Waals surface area contributed by atoms with Crippen molar-refractivity contribution in [2.45, 2.75) is 44.7 Å². The van der Waals surface area contributed by atoms with Crippen LogP contribution in [0.3, 0.4) is 0 Å². The molecular weight excluding hydrogens is 523 g/mol. The zero-order valence-corrected chi connectivity index (χ0v) is 23.5. The average molecular weight is 559 g/mol. The van der Waals surface area contributed by atoms with Gasteiger partial charge >= 0.3 is 12.0 Å². The van der Waals surface area contributed by atoms with Gasteiger partial charge in [0.15, 0.2) is 0 Å². The second-order valence-corrected chi connectivity index (χ2v) is 11.6. The summed E-state index contributed by atoms with van der Waals surface area (Å²) in [4.78, 5) is 30.1. The van der Waals surface area contributed by atoms with E-state index in [1.165, 1.54) is 21.3 Å². The molecule has 1 N–H and O–H groups in total. The van der Waals surface area contributed by atoms with Crippen molar-refractivity contribution in [1.29, 1.82) is 0 Å². The van der Waals surface area contributed by atoms with Crippen molar-refractivity contribution in [1.82, 2.24) is 19.4 Å². The van der Waals surface area contributed by atoms with Gasteiger partial charge in [-0.2, -0.15) is 4.31 Å². The van der Waals surface area contributed by atoms with Crippen LogP contribution in [0.5, 0.6) is 0 Å². The van der Waals surface area contributed by atoms with Crippen molar-refractivity contribution in [2.24, 2.45) is 0 Å². The molecule has 0 spiro atoms. The van der Waals surface area contributed by atoms with Crippen molar-refractivity contribution in [2.75, 3.05) is 39.3 Å². The Morgan fingerprint density at radius 1 is 1.10 bits per heavy atom. The van der Waals surface area contributed by atoms with Gasteiger partial charge in [-0.3, -0.25) is 9.80 Å². The maximum atomic E-state index is 14.8. The lowest BCUT2D eigenvalue weighted by Crippen LogP contribution is -2.56. The van der Waals surface area contributed by atoms with Gasteiger partial charge in [0, 0.05) is 50.0 Å². The molecule has 0 aliphatic carbocycles. The van der Waals surface area contributed by atoms with Crippen LogP contribution in [0.1, 0.15) is 37.9 Å². The molecule has 39 heavy (non-hydrogen) atoms. The lowest BCUT2D eigenvalue weighted by atomic mass is 9.93. The Morgan fingerprint density at radius 3 is 2.41 bits per heavy atom. The zero-order valence-electron chi connectivity index (χ0n) is 22.7. The van der Waals surface area contributed by atoms with Crippen molar-refractivity contribution < 1.29 is 27.1 Å². The minimum absolute atomic E-state index is 0.117. The molecule has 2 aliphatic heterocycles. The number of likely N-dealkylation sites (N-methyl/N-ethyl adjacent to an activating group) is 1. The van der Waals surface area contributed by atoms with E-state index in [0.717, 1.165) is 5.56 Å². The predicted octanol–water partition coefficient (Wildman–Crippen LogP) is 3.43. The number of nitrogens with zero attached hydrogens (tertiary/aromatic N) is 3. The molecule has 2 amide bonds. The summed E-state index contributed by atoms with van der Waals surface area (Å²) < 4.78 is 48.4. The highest BCUT2D eigenvalue weighted by molar-refractivity contribution is 7.89. The summed E-state index contributed by atoms with van der Waals surface area (Å²) in [6.45, 7) is 8.83. The Bertz CT molecular complexity index is 1360. The van der Waals surface area contributed by atoms with E-state index in [4.69, 9.17) is 4.74 Å². The van der Waals surface area contributed by atoms with Crippen LogP contribution < -0.4 is 5.32 Å². The predicted molar refractivity (Wildman–Crippen MR) is 145 cm³/mol. The van der Waals surface area contributed by atoms with Gasteiger partial charge in [-0.15, -0.1) is 0 Å². The molecule has 2 aliphatic rings. The Balaban J connectivity index is 1.66. The van der Waals surface area contributed by atoms with Crippen molar-refractivity contribution in [3.63, 3.8) is 0 Å². The molecule has 2 aromatic carbocycles. The number of piperazine rings is 1. The molecule has 11 heteroatoms. The lowest BCUT2D eigenvalue weighted by Gasteiger charge is -2.42. The highest BCUT2D eigenvalue weighted by Gasteiger charge is 2.40. The van der Waals surface area contributed by atoms with Gasteiger partial charge in [0.05, 0.1) is 23.1 Å². The number of esters is 1. The normalized spacial score (nSPS) is 21.2. The summed E-state index contributed by atoms with van der Waals surface area (Å²) >= 11 is 0. The number of sulfonamides is 1. The number of hydrogen-bond acceptors (Lipinski definition) is 6. The van der Waals surface area contributed by atoms with Gasteiger partial charge in [-0.25, -0.2) is 22.4 Å². The maximum Gasteiger partial charge on any atom is 0.338 e. The van der Waals surface area contributed by atoms with Gasteiger partial charge in [0.1, 0.15) is 5.82 Å². The third kappa shape index (κ3) is 5.85. The fourth-order valence-corrected chi connectivity index (χ4v) is 6.79. The molecule has 0 saturated carbocycles. The van der Waals surface area contributed by atoms with Crippen LogP contribution in [0.2, 0.25) is 0 Å². The van der Waals surface area contributed by atoms with Crippen LogP contribution >= 0.6 is 0 Å². The minimum atomic E-state index is -3.69. The monoisotopic (exact) mass is 558 g/mol. The fourth-order valence-electron chi connectivity index (χ4n) is 5.17. The molecular formula is C28H35FN4O5S. The summed E-state index contributed by atoms with van der Waals surface area (Å²) in [6.07, 6.45) is 0. The first-order chi connectivity index (χ1) is 18.6. The number of carbonyl (C=O) groups is 2. The van der Waals surface area contributed by atoms with E-state index < -0.39 is 33.9 Å². The number of hydrogen-bond donors (Lipinski definition) is 1. The van der Waals surface area contributed by atoms with Crippen LogP contribution in [0.15, 0.2) is 64.7 Å². The van der Waals surface area contributed by atoms with E-state index in [0.29, 0.717) is 18.8 Å². The standard InChI is InChI=1S/C28H35FN4O5S/c1-5-32-24(25(27(34)38-6-2)26(30-28(32)35)22-9-7-8-10-23(22)29)18-31-15-16-33(20(4)17-31)39(36,37)21-13-11-19(3)12-14-21/h7-14,20,26H,5-6,15-18H2,1-4H3,(H,30,35)/t20-,26+/m0/s1. The Hall–Kier alpha value is -3.28. The smallest absolute Gasteiger partial charge is 0.338 e. The molecule has 2 aromatic rings. The lowest BCUT2D eigenvalue weighted by molar-refractivity contribution is -0.139. The van der Waals surface area contributed by atoms with E-state index in [-0.39, 0.29) is 48.3 Å². The molecule has 2 heterocycles. The molecule has 0 unspecified atom stereocenters. The largest absolute Gasteiger partial charge is 0.463 e. The number of rotatable bonds is 8. The first-order valence-corrected chi connectivity index (χ1v) is 14.6. The van der Waals surface area contributed by atoms with Crippen molar-refractivity contribution in [3.05, 3.63) is 76.7 Å². The molecule has 0 aromatic heterocycles. The highest BCUT2D eigenvalue weighted by Crippen LogP contribution is 2.34. The molecule has 210 valence electrons. The van der Waals surface area contributed by atoms with Crippen LogP contribution in [-0.2, 0) is 19.6 Å². The summed E-state index contributed by atoms with van der Waals surface area (Å²) in [7, 11) is -3.69. The zero-order chi connectivity index (χ0) is 28.3. The second kappa shape index (κ2) is 11.8. The van der Waals surface area contributed by atoms with Gasteiger partial charge in [-0.05, 0) is 45.9 Å². The Labute approximate surface area is 229 Å². The van der Waals surface area contributed by atoms with Gasteiger partial charge in [0.25, 0.3) is 0 Å². The van der Waals surface area contributed by atoms with Crippen LogP contribution in [-0.4, -0.2) is 79.9 Å². The summed E-state index contributed by atoms with van der Waals surface area (Å²) in [5, 5.41) is 2.77. The number of halogens is 1. The quantitative estimate of drug-likeness (QED) is 0.499. The number of nitrogens with one attached hydrogen (secondary N) is 1. The summed E-state index contributed by atoms with van der Waals surface area (Å²) in [5.74, 6) is -1.18. The van der Waals surface area contributed by atoms with Gasteiger partial charge in [0.2, 0.25) is 10.0 Å². The van der Waals surface area contributed by atoms with Crippen LogP contribution in [0.25, 0.3) is 0 Å². The van der Waals surface area contributed by atoms with Crippen LogP contribution in [0.4, 0.5) is 9.18 Å². The number of carbonyl (C=O) groups excluding carboxylic acids is 2. The number of ether oxygens (including phenoxy) is 1. The van der Waals surface area contributed by atoms with Crippen LogP contribution in [0, 0.1) is 12.7 Å². The molecule has 9 nitrogen and oxygen atoms in total. The van der Waals surface area contributed by atoms with Gasteiger partial charge < -0.3 is 10.1 Å². The third-order valence-corrected chi connectivity index (χ3v) is 9.15. The SMILES string of the molecule is CCOC(=O)C1=C(CN2CCN(S(=O)(=O)c3ccc(C)cc3)[C@@H](C)C2)N(CC)C(=O)N[C@@H]1c1ccccc1F. The molecule has 0 bridgehead atoms. The molecule has 4 rings (SSSR count). The first kappa shape index (κ1) is 28.7. The number of amides is 2. The van der Waals surface area contributed by atoms with E-state index in [2.05, 4.69) is 5.32 Å². The Morgan fingerprint density at radius 2 is 1.79 bits per heavy atom. The fraction of sp³-hybridized carbons (Fsp3) is 0.429. The number of urea groups is 1. The van der Waals surface area contributed by atoms with Crippen molar-refractivity contribution >= 4 is 22.0 Å². The van der Waals surface area contributed by atoms with E-state index in [9.17, 15) is 22.4 Å². The average Bonchev–Trinajstić information content (AvgIpc) is 2.89. The van der Waals surface area contributed by atoms with Crippen molar-refractivity contribution in [3.8, 4) is 0 Å². The van der Waals surface area contributed by atoms with Gasteiger partial charge in [-0.1, -0.05) is 35.9 Å². The second-order valence-electron chi connectivity index (χ2n) is 9.74. The summed E-state index contributed by atoms with van der Waals surface area (Å²) in [6, 6.07) is 11.0. The molecule has 2 atom stereocenters. The molecule has 0 radical (unpaired) electrons.